The highest BCUT2D eigenvalue weighted by molar-refractivity contribution is 6.05. The molecule has 3 amide bonds. The van der Waals surface area contributed by atoms with Crippen molar-refractivity contribution in [2.24, 2.45) is 0 Å². The summed E-state index contributed by atoms with van der Waals surface area (Å²) in [5, 5.41) is 2.32. The quantitative estimate of drug-likeness (QED) is 0.808. The lowest BCUT2D eigenvalue weighted by molar-refractivity contribution is -0.136. The van der Waals surface area contributed by atoms with Crippen LogP contribution >= 0.6 is 0 Å². The van der Waals surface area contributed by atoms with Crippen molar-refractivity contribution in [2.75, 3.05) is 20.2 Å². The molecule has 1 aromatic carbocycles. The molecule has 1 aromatic rings. The third-order valence-electron chi connectivity index (χ3n) is 5.86. The van der Waals surface area contributed by atoms with Gasteiger partial charge in [0, 0.05) is 24.6 Å². The van der Waals surface area contributed by atoms with E-state index in [-0.39, 0.29) is 24.1 Å². The Bertz CT molecular complexity index is 778. The number of fused-ring (bicyclic) bond motifs is 1. The smallest absolute Gasteiger partial charge is 0.255 e. The number of benzene rings is 1. The molecule has 144 valence electrons. The van der Waals surface area contributed by atoms with E-state index in [1.54, 1.807) is 11.0 Å². The number of hydrogen-bond donors (Lipinski definition) is 1. The van der Waals surface area contributed by atoms with E-state index in [1.807, 2.05) is 12.1 Å². The summed E-state index contributed by atoms with van der Waals surface area (Å²) < 4.78 is 6.00. The zero-order valence-electron chi connectivity index (χ0n) is 15.6. The Morgan fingerprint density at radius 3 is 2.81 bits per heavy atom. The molecule has 0 bridgehead atoms. The third kappa shape index (κ3) is 3.56. The molecule has 0 spiro atoms. The molecule has 0 aromatic heterocycles. The number of piperidine rings is 2. The van der Waals surface area contributed by atoms with Gasteiger partial charge in [-0.2, -0.15) is 0 Å². The van der Waals surface area contributed by atoms with Gasteiger partial charge in [-0.15, -0.1) is 0 Å². The van der Waals surface area contributed by atoms with Crippen LogP contribution in [0, 0.1) is 0 Å². The predicted octanol–water partition coefficient (Wildman–Crippen LogP) is 1.31. The molecule has 3 heterocycles. The summed E-state index contributed by atoms with van der Waals surface area (Å²) in [4.78, 5) is 40.1. The SMILES string of the molecule is CN1CCCCC1COc1ccc2c(c1)CN(C1CCC(=O)NC1=O)C2=O. The molecule has 7 nitrogen and oxygen atoms in total. The zero-order valence-corrected chi connectivity index (χ0v) is 15.6. The lowest BCUT2D eigenvalue weighted by atomic mass is 10.0. The second kappa shape index (κ2) is 7.31. The molecule has 7 heteroatoms. The molecule has 1 N–H and O–H groups in total. The first-order valence-corrected chi connectivity index (χ1v) is 9.63. The van der Waals surface area contributed by atoms with Gasteiger partial charge in [0.1, 0.15) is 18.4 Å². The van der Waals surface area contributed by atoms with Crippen LogP contribution < -0.4 is 10.1 Å². The summed E-state index contributed by atoms with van der Waals surface area (Å²) in [6, 6.07) is 5.36. The van der Waals surface area contributed by atoms with Crippen LogP contribution in [0.15, 0.2) is 18.2 Å². The minimum Gasteiger partial charge on any atom is -0.492 e. The van der Waals surface area contributed by atoms with Crippen molar-refractivity contribution < 1.29 is 19.1 Å². The number of carbonyl (C=O) groups is 3. The Kier molecular flexibility index (Phi) is 4.86. The maximum atomic E-state index is 12.7. The van der Waals surface area contributed by atoms with Crippen molar-refractivity contribution in [1.82, 2.24) is 15.1 Å². The second-order valence-corrected chi connectivity index (χ2v) is 7.66. The van der Waals surface area contributed by atoms with Crippen LogP contribution in [0.5, 0.6) is 5.75 Å². The lowest BCUT2D eigenvalue weighted by Gasteiger charge is -2.32. The minimum absolute atomic E-state index is 0.155. The van der Waals surface area contributed by atoms with Crippen LogP contribution in [0.4, 0.5) is 0 Å². The number of imide groups is 1. The molecule has 2 saturated heterocycles. The van der Waals surface area contributed by atoms with E-state index < -0.39 is 6.04 Å². The van der Waals surface area contributed by atoms with Gasteiger partial charge >= 0.3 is 0 Å². The largest absolute Gasteiger partial charge is 0.492 e. The van der Waals surface area contributed by atoms with Gasteiger partial charge in [0.2, 0.25) is 11.8 Å². The van der Waals surface area contributed by atoms with E-state index in [4.69, 9.17) is 4.74 Å². The normalized spacial score (nSPS) is 26.1. The fourth-order valence-corrected chi connectivity index (χ4v) is 4.19. The molecule has 4 rings (SSSR count). The van der Waals surface area contributed by atoms with Crippen molar-refractivity contribution >= 4 is 17.7 Å². The van der Waals surface area contributed by atoms with E-state index in [2.05, 4.69) is 17.3 Å². The highest BCUT2D eigenvalue weighted by Crippen LogP contribution is 2.30. The average molecular weight is 371 g/mol. The van der Waals surface area contributed by atoms with Gasteiger partial charge in [0.15, 0.2) is 0 Å². The molecule has 0 aliphatic carbocycles. The maximum absolute atomic E-state index is 12.7. The van der Waals surface area contributed by atoms with E-state index in [1.165, 1.54) is 12.8 Å². The molecule has 2 unspecified atom stereocenters. The van der Waals surface area contributed by atoms with Gasteiger partial charge in [0.25, 0.3) is 5.91 Å². The van der Waals surface area contributed by atoms with Crippen molar-refractivity contribution in [3.63, 3.8) is 0 Å². The summed E-state index contributed by atoms with van der Waals surface area (Å²) in [5.74, 6) is -0.0586. The number of ether oxygens (including phenoxy) is 1. The summed E-state index contributed by atoms with van der Waals surface area (Å²) in [5.41, 5.74) is 1.49. The zero-order chi connectivity index (χ0) is 19.0. The first-order valence-electron chi connectivity index (χ1n) is 9.63. The van der Waals surface area contributed by atoms with Crippen LogP contribution in [0.2, 0.25) is 0 Å². The highest BCUT2D eigenvalue weighted by Gasteiger charge is 2.39. The van der Waals surface area contributed by atoms with Crippen molar-refractivity contribution in [1.29, 1.82) is 0 Å². The molecular weight excluding hydrogens is 346 g/mol. The number of likely N-dealkylation sites (tertiary alicyclic amines) is 1. The second-order valence-electron chi connectivity index (χ2n) is 7.66. The molecule has 3 aliphatic rings. The number of nitrogens with zero attached hydrogens (tertiary/aromatic N) is 2. The van der Waals surface area contributed by atoms with Crippen LogP contribution in [-0.2, 0) is 16.1 Å². The third-order valence-corrected chi connectivity index (χ3v) is 5.86. The van der Waals surface area contributed by atoms with Crippen molar-refractivity contribution in [3.8, 4) is 5.75 Å². The molecule has 3 aliphatic heterocycles. The van der Waals surface area contributed by atoms with Crippen LogP contribution in [-0.4, -0.2) is 59.8 Å². The highest BCUT2D eigenvalue weighted by atomic mass is 16.5. The molecule has 0 radical (unpaired) electrons. The number of hydrogen-bond acceptors (Lipinski definition) is 5. The van der Waals surface area contributed by atoms with Gasteiger partial charge in [-0.05, 0) is 56.6 Å². The topological polar surface area (TPSA) is 79.0 Å². The molecule has 27 heavy (non-hydrogen) atoms. The molecule has 2 atom stereocenters. The minimum atomic E-state index is -0.581. The Labute approximate surface area is 158 Å². The fourth-order valence-electron chi connectivity index (χ4n) is 4.19. The standard InChI is InChI=1S/C20H25N3O4/c1-22-9-3-2-4-14(22)12-27-15-5-6-16-13(10-15)11-23(20(16)26)17-7-8-18(24)21-19(17)25/h5-6,10,14,17H,2-4,7-9,11-12H2,1H3,(H,21,24,25). The molecular formula is C20H25N3O4. The number of nitrogens with one attached hydrogen (secondary N) is 1. The first-order chi connectivity index (χ1) is 13.0. The van der Waals surface area contributed by atoms with Gasteiger partial charge in [0.05, 0.1) is 0 Å². The van der Waals surface area contributed by atoms with Gasteiger partial charge < -0.3 is 14.5 Å². The molecule has 2 fully saturated rings. The monoisotopic (exact) mass is 371 g/mol. The van der Waals surface area contributed by atoms with E-state index in [9.17, 15) is 14.4 Å². The number of likely N-dealkylation sites (N-methyl/N-ethyl adjacent to an activating group) is 1. The van der Waals surface area contributed by atoms with Crippen molar-refractivity contribution in [2.45, 2.75) is 50.7 Å². The van der Waals surface area contributed by atoms with Gasteiger partial charge in [-0.3, -0.25) is 19.7 Å². The van der Waals surface area contributed by atoms with Crippen LogP contribution in [0.3, 0.4) is 0 Å². The summed E-state index contributed by atoms with van der Waals surface area (Å²) >= 11 is 0. The fraction of sp³-hybridized carbons (Fsp3) is 0.550. The van der Waals surface area contributed by atoms with Gasteiger partial charge in [-0.25, -0.2) is 0 Å². The van der Waals surface area contributed by atoms with Gasteiger partial charge in [-0.1, -0.05) is 6.42 Å². The lowest BCUT2D eigenvalue weighted by Crippen LogP contribution is -2.52. The average Bonchev–Trinajstić information content (AvgIpc) is 2.97. The van der Waals surface area contributed by atoms with E-state index in [0.29, 0.717) is 31.2 Å². The summed E-state index contributed by atoms with van der Waals surface area (Å²) in [6.07, 6.45) is 4.26. The number of rotatable bonds is 4. The number of amides is 3. The summed E-state index contributed by atoms with van der Waals surface area (Å²) in [6.45, 7) is 2.12. The summed E-state index contributed by atoms with van der Waals surface area (Å²) in [7, 11) is 2.13. The van der Waals surface area contributed by atoms with Crippen LogP contribution in [0.1, 0.15) is 48.0 Å². The van der Waals surface area contributed by atoms with E-state index in [0.717, 1.165) is 24.3 Å². The predicted molar refractivity (Wildman–Crippen MR) is 98.3 cm³/mol. The number of carbonyl (C=O) groups excluding carboxylic acids is 3. The molecule has 0 saturated carbocycles. The van der Waals surface area contributed by atoms with Crippen LogP contribution in [0.25, 0.3) is 0 Å². The van der Waals surface area contributed by atoms with E-state index >= 15 is 0 Å². The first kappa shape index (κ1) is 18.0. The maximum Gasteiger partial charge on any atom is 0.255 e. The Morgan fingerprint density at radius 2 is 2.04 bits per heavy atom. The Hall–Kier alpha value is -2.41. The van der Waals surface area contributed by atoms with Crippen molar-refractivity contribution in [3.05, 3.63) is 29.3 Å². The Morgan fingerprint density at radius 1 is 1.19 bits per heavy atom. The Balaban J connectivity index is 1.43.